The molecule has 0 bridgehead atoms. The zero-order valence-electron chi connectivity index (χ0n) is 14.3. The molecule has 4 aromatic rings. The van der Waals surface area contributed by atoms with Crippen molar-refractivity contribution in [3.63, 3.8) is 0 Å². The molecule has 27 heavy (non-hydrogen) atoms. The lowest BCUT2D eigenvalue weighted by Gasteiger charge is -2.10. The van der Waals surface area contributed by atoms with E-state index >= 15 is 0 Å². The van der Waals surface area contributed by atoms with Gasteiger partial charge in [0.05, 0.1) is 0 Å². The predicted molar refractivity (Wildman–Crippen MR) is 110 cm³/mol. The van der Waals surface area contributed by atoms with Crippen LogP contribution in [-0.2, 0) is 4.79 Å². The van der Waals surface area contributed by atoms with Gasteiger partial charge in [0.15, 0.2) is 11.7 Å². The first-order valence-corrected chi connectivity index (χ1v) is 8.80. The molecule has 6 heteroatoms. The highest BCUT2D eigenvalue weighted by atomic mass is 32.1. The van der Waals surface area contributed by atoms with Gasteiger partial charge < -0.3 is 14.5 Å². The van der Waals surface area contributed by atoms with Crippen LogP contribution in [0.15, 0.2) is 77.2 Å². The van der Waals surface area contributed by atoms with Crippen molar-refractivity contribution < 1.29 is 13.9 Å². The molecule has 0 radical (unpaired) electrons. The number of rotatable bonds is 4. The Balaban J connectivity index is 1.38. The lowest BCUT2D eigenvalue weighted by atomic mass is 10.1. The van der Waals surface area contributed by atoms with Crippen LogP contribution >= 0.6 is 12.2 Å². The number of carbonyl (C=O) groups excluding carboxylic acids is 1. The van der Waals surface area contributed by atoms with E-state index in [1.807, 2.05) is 60.7 Å². The summed E-state index contributed by atoms with van der Waals surface area (Å²) in [7, 11) is 0. The van der Waals surface area contributed by atoms with E-state index in [4.69, 9.17) is 21.4 Å². The zero-order valence-corrected chi connectivity index (χ0v) is 15.1. The van der Waals surface area contributed by atoms with Gasteiger partial charge in [-0.25, -0.2) is 0 Å². The van der Waals surface area contributed by atoms with E-state index < -0.39 is 0 Å². The topological polar surface area (TPSA) is 63.5 Å². The maximum absolute atomic E-state index is 12.0. The zero-order chi connectivity index (χ0) is 18.6. The van der Waals surface area contributed by atoms with Gasteiger partial charge >= 0.3 is 0 Å². The molecule has 0 unspecified atom stereocenters. The first kappa shape index (κ1) is 17.1. The largest absolute Gasteiger partial charge is 0.484 e. The summed E-state index contributed by atoms with van der Waals surface area (Å²) in [5, 5.41) is 7.88. The van der Waals surface area contributed by atoms with E-state index in [0.717, 1.165) is 27.6 Å². The molecule has 1 amide bonds. The highest BCUT2D eigenvalue weighted by Crippen LogP contribution is 2.30. The van der Waals surface area contributed by atoms with Crippen molar-refractivity contribution in [2.75, 3.05) is 11.9 Å². The van der Waals surface area contributed by atoms with Crippen molar-refractivity contribution in [3.8, 4) is 5.75 Å². The van der Waals surface area contributed by atoms with Crippen molar-refractivity contribution in [1.82, 2.24) is 5.32 Å². The maximum Gasteiger partial charge on any atom is 0.264 e. The molecule has 2 N–H and O–H groups in total. The first-order valence-electron chi connectivity index (χ1n) is 8.39. The molecule has 0 fully saturated rings. The van der Waals surface area contributed by atoms with Gasteiger partial charge in [-0.05, 0) is 42.5 Å². The molecule has 4 rings (SSSR count). The van der Waals surface area contributed by atoms with Crippen molar-refractivity contribution in [2.24, 2.45) is 0 Å². The Morgan fingerprint density at radius 3 is 2.52 bits per heavy atom. The maximum atomic E-state index is 12.0. The van der Waals surface area contributed by atoms with Gasteiger partial charge in [-0.1, -0.05) is 36.4 Å². The smallest absolute Gasteiger partial charge is 0.264 e. The number of nitrogens with one attached hydrogen (secondary N) is 2. The summed E-state index contributed by atoms with van der Waals surface area (Å²) in [4.78, 5) is 12.0. The fraction of sp³-hybridized carbons (Fsp3) is 0.0476. The third-order valence-electron chi connectivity index (χ3n) is 4.00. The SMILES string of the molecule is O=C(COc1ccccc1)NC(=S)Nc1ccc2c(c1)oc1ccccc12. The fourth-order valence-electron chi connectivity index (χ4n) is 2.79. The molecular formula is C21H16N2O3S. The van der Waals surface area contributed by atoms with E-state index in [-0.39, 0.29) is 17.6 Å². The molecule has 0 atom stereocenters. The quantitative estimate of drug-likeness (QED) is 0.514. The molecule has 1 aromatic heterocycles. The van der Waals surface area contributed by atoms with Gasteiger partial charge in [0.25, 0.3) is 5.91 Å². The van der Waals surface area contributed by atoms with E-state index in [1.54, 1.807) is 12.1 Å². The third kappa shape index (κ3) is 3.91. The van der Waals surface area contributed by atoms with Crippen molar-refractivity contribution in [3.05, 3.63) is 72.8 Å². The molecule has 0 aliphatic carbocycles. The van der Waals surface area contributed by atoms with Crippen LogP contribution in [0.3, 0.4) is 0 Å². The monoisotopic (exact) mass is 376 g/mol. The molecule has 3 aromatic carbocycles. The predicted octanol–water partition coefficient (Wildman–Crippen LogP) is 4.48. The number of ether oxygens (including phenoxy) is 1. The summed E-state index contributed by atoms with van der Waals surface area (Å²) in [6.07, 6.45) is 0. The van der Waals surface area contributed by atoms with Gasteiger partial charge in [-0.3, -0.25) is 10.1 Å². The standard InChI is InChI=1S/C21H16N2O3S/c24-20(13-25-15-6-2-1-3-7-15)23-21(27)22-14-10-11-17-16-8-4-5-9-18(16)26-19(17)12-14/h1-12H,13H2,(H2,22,23,24,27). The van der Waals surface area contributed by atoms with Crippen LogP contribution in [0, 0.1) is 0 Å². The summed E-state index contributed by atoms with van der Waals surface area (Å²) in [6, 6.07) is 22.7. The first-order chi connectivity index (χ1) is 13.2. The van der Waals surface area contributed by atoms with Crippen LogP contribution < -0.4 is 15.4 Å². The Labute approximate surface area is 160 Å². The number of furan rings is 1. The number of benzene rings is 3. The summed E-state index contributed by atoms with van der Waals surface area (Å²) in [5.74, 6) is 0.294. The second kappa shape index (κ2) is 7.47. The molecule has 0 aliphatic rings. The van der Waals surface area contributed by atoms with Crippen LogP contribution in [0.2, 0.25) is 0 Å². The Morgan fingerprint density at radius 2 is 1.67 bits per heavy atom. The average Bonchev–Trinajstić information content (AvgIpc) is 3.05. The van der Waals surface area contributed by atoms with Gasteiger partial charge in [0, 0.05) is 22.5 Å². The minimum atomic E-state index is -0.332. The van der Waals surface area contributed by atoms with Crippen LogP contribution in [0.25, 0.3) is 21.9 Å². The Kier molecular flexibility index (Phi) is 4.72. The third-order valence-corrected chi connectivity index (χ3v) is 4.21. The average molecular weight is 376 g/mol. The summed E-state index contributed by atoms with van der Waals surface area (Å²) in [6.45, 7) is -0.117. The second-order valence-electron chi connectivity index (χ2n) is 5.91. The number of hydrogen-bond acceptors (Lipinski definition) is 4. The Hall–Kier alpha value is -3.38. The highest BCUT2D eigenvalue weighted by Gasteiger charge is 2.09. The highest BCUT2D eigenvalue weighted by molar-refractivity contribution is 7.80. The van der Waals surface area contributed by atoms with E-state index in [0.29, 0.717) is 5.75 Å². The fourth-order valence-corrected chi connectivity index (χ4v) is 3.03. The van der Waals surface area contributed by atoms with Gasteiger partial charge in [-0.15, -0.1) is 0 Å². The van der Waals surface area contributed by atoms with Gasteiger partial charge in [0.1, 0.15) is 16.9 Å². The van der Waals surface area contributed by atoms with E-state index in [9.17, 15) is 4.79 Å². The minimum Gasteiger partial charge on any atom is -0.484 e. The minimum absolute atomic E-state index is 0.117. The molecule has 134 valence electrons. The summed E-state index contributed by atoms with van der Waals surface area (Å²) >= 11 is 5.20. The molecule has 0 saturated carbocycles. The van der Waals surface area contributed by atoms with Crippen molar-refractivity contribution in [1.29, 1.82) is 0 Å². The number of anilines is 1. The summed E-state index contributed by atoms with van der Waals surface area (Å²) in [5.41, 5.74) is 2.32. The molecule has 0 saturated heterocycles. The molecule has 0 aliphatic heterocycles. The van der Waals surface area contributed by atoms with E-state index in [1.165, 1.54) is 0 Å². The van der Waals surface area contributed by atoms with Crippen molar-refractivity contribution in [2.45, 2.75) is 0 Å². The van der Waals surface area contributed by atoms with Crippen LogP contribution in [0.5, 0.6) is 5.75 Å². The summed E-state index contributed by atoms with van der Waals surface area (Å²) < 4.78 is 11.2. The van der Waals surface area contributed by atoms with Crippen LogP contribution in [-0.4, -0.2) is 17.6 Å². The number of amides is 1. The molecular weight excluding hydrogens is 360 g/mol. The number of thiocarbonyl (C=S) groups is 1. The Morgan fingerprint density at radius 1 is 0.926 bits per heavy atom. The van der Waals surface area contributed by atoms with Gasteiger partial charge in [0.2, 0.25) is 0 Å². The lowest BCUT2D eigenvalue weighted by molar-refractivity contribution is -0.121. The number of fused-ring (bicyclic) bond motifs is 3. The Bertz CT molecular complexity index is 1120. The van der Waals surface area contributed by atoms with Gasteiger partial charge in [-0.2, -0.15) is 0 Å². The second-order valence-corrected chi connectivity index (χ2v) is 6.32. The number of hydrogen-bond donors (Lipinski definition) is 2. The normalized spacial score (nSPS) is 10.7. The molecule has 0 spiro atoms. The van der Waals surface area contributed by atoms with Crippen LogP contribution in [0.4, 0.5) is 5.69 Å². The number of para-hydroxylation sites is 2. The molecule has 1 heterocycles. The molecule has 5 nitrogen and oxygen atoms in total. The lowest BCUT2D eigenvalue weighted by Crippen LogP contribution is -2.37. The number of carbonyl (C=O) groups is 1. The van der Waals surface area contributed by atoms with Crippen LogP contribution in [0.1, 0.15) is 0 Å². The van der Waals surface area contributed by atoms with E-state index in [2.05, 4.69) is 10.6 Å². The van der Waals surface area contributed by atoms with Crippen molar-refractivity contribution >= 4 is 50.9 Å².